The van der Waals surface area contributed by atoms with Gasteiger partial charge >= 0.3 is 0 Å². The summed E-state index contributed by atoms with van der Waals surface area (Å²) in [4.78, 5) is 12.2. The van der Waals surface area contributed by atoms with Gasteiger partial charge in [-0.05, 0) is 23.6 Å². The molecule has 0 aliphatic carbocycles. The number of ketones is 1. The predicted octanol–water partition coefficient (Wildman–Crippen LogP) is 2.65. The van der Waals surface area contributed by atoms with Crippen molar-refractivity contribution in [2.24, 2.45) is 11.1 Å². The molecule has 19 heavy (non-hydrogen) atoms. The number of Topliss-reactive ketones (excluding diaryl/α,β-unsaturated/α-hetero) is 1. The minimum Gasteiger partial charge on any atom is -0.493 e. The quantitative estimate of drug-likeness (QED) is 0.831. The van der Waals surface area contributed by atoms with Gasteiger partial charge in [0.05, 0.1) is 14.2 Å². The van der Waals surface area contributed by atoms with Gasteiger partial charge in [0.25, 0.3) is 0 Å². The summed E-state index contributed by atoms with van der Waals surface area (Å²) in [6.45, 7) is 6.08. The molecule has 0 saturated heterocycles. The van der Waals surface area contributed by atoms with Crippen LogP contribution in [0.5, 0.6) is 11.5 Å². The molecule has 0 aliphatic rings. The molecule has 1 unspecified atom stereocenters. The van der Waals surface area contributed by atoms with E-state index in [9.17, 15) is 4.79 Å². The Balaban J connectivity index is 2.89. The lowest BCUT2D eigenvalue weighted by Gasteiger charge is -2.26. The molecule has 0 fully saturated rings. The summed E-state index contributed by atoms with van der Waals surface area (Å²) in [5.41, 5.74) is 6.54. The van der Waals surface area contributed by atoms with E-state index in [-0.39, 0.29) is 17.2 Å². The number of carbonyl (C=O) groups is 1. The van der Waals surface area contributed by atoms with Crippen molar-refractivity contribution in [3.05, 3.63) is 23.8 Å². The van der Waals surface area contributed by atoms with Crippen LogP contribution in [0.15, 0.2) is 18.2 Å². The molecule has 2 N–H and O–H groups in total. The van der Waals surface area contributed by atoms with Gasteiger partial charge in [-0.15, -0.1) is 0 Å². The van der Waals surface area contributed by atoms with Crippen LogP contribution in [0.1, 0.15) is 37.6 Å². The third kappa shape index (κ3) is 3.96. The summed E-state index contributed by atoms with van der Waals surface area (Å²) >= 11 is 0. The topological polar surface area (TPSA) is 61.5 Å². The van der Waals surface area contributed by atoms with Crippen LogP contribution in [0.3, 0.4) is 0 Å². The molecule has 0 aliphatic heterocycles. The molecule has 1 rings (SSSR count). The second-order valence-electron chi connectivity index (χ2n) is 5.67. The van der Waals surface area contributed by atoms with Crippen LogP contribution in [-0.2, 0) is 0 Å². The lowest BCUT2D eigenvalue weighted by Crippen LogP contribution is -2.36. The monoisotopic (exact) mass is 265 g/mol. The van der Waals surface area contributed by atoms with Crippen molar-refractivity contribution < 1.29 is 14.3 Å². The summed E-state index contributed by atoms with van der Waals surface area (Å²) in [6.07, 6.45) is 0.318. The lowest BCUT2D eigenvalue weighted by molar-refractivity contribution is 0.0953. The van der Waals surface area contributed by atoms with Gasteiger partial charge in [-0.2, -0.15) is 0 Å². The average Bonchev–Trinajstić information content (AvgIpc) is 2.36. The fourth-order valence-corrected chi connectivity index (χ4v) is 1.63. The van der Waals surface area contributed by atoms with Gasteiger partial charge in [0.1, 0.15) is 0 Å². The van der Waals surface area contributed by atoms with Crippen LogP contribution in [0.25, 0.3) is 0 Å². The maximum absolute atomic E-state index is 12.2. The zero-order valence-corrected chi connectivity index (χ0v) is 12.3. The second kappa shape index (κ2) is 6.06. The Morgan fingerprint density at radius 3 is 2.26 bits per heavy atom. The Hall–Kier alpha value is -1.55. The molecule has 0 heterocycles. The van der Waals surface area contributed by atoms with Gasteiger partial charge in [-0.3, -0.25) is 4.79 Å². The molecule has 0 bridgehead atoms. The van der Waals surface area contributed by atoms with Gasteiger partial charge in [-0.25, -0.2) is 0 Å². The molecule has 0 aromatic heterocycles. The minimum atomic E-state index is -0.173. The van der Waals surface area contributed by atoms with Crippen molar-refractivity contribution in [3.8, 4) is 11.5 Å². The summed E-state index contributed by atoms with van der Waals surface area (Å²) < 4.78 is 10.3. The Kier molecular flexibility index (Phi) is 4.95. The van der Waals surface area contributed by atoms with Crippen molar-refractivity contribution in [2.75, 3.05) is 14.2 Å². The van der Waals surface area contributed by atoms with Gasteiger partial charge in [0.2, 0.25) is 0 Å². The highest BCUT2D eigenvalue weighted by atomic mass is 16.5. The number of benzene rings is 1. The summed E-state index contributed by atoms with van der Waals surface area (Å²) in [6, 6.07) is 4.98. The fraction of sp³-hybridized carbons (Fsp3) is 0.533. The zero-order chi connectivity index (χ0) is 14.6. The van der Waals surface area contributed by atoms with Crippen LogP contribution in [-0.4, -0.2) is 26.0 Å². The standard InChI is InChI=1S/C15H23NO3/c1-15(2,3)14(16)9-11(17)10-6-7-12(18-4)13(8-10)19-5/h6-8,14H,9,16H2,1-5H3. The highest BCUT2D eigenvalue weighted by Gasteiger charge is 2.24. The number of methoxy groups -OCH3 is 2. The van der Waals surface area contributed by atoms with Crippen molar-refractivity contribution >= 4 is 5.78 Å². The number of rotatable bonds is 5. The maximum atomic E-state index is 12.2. The molecule has 4 nitrogen and oxygen atoms in total. The number of hydrogen-bond donors (Lipinski definition) is 1. The Labute approximate surface area is 114 Å². The molecular formula is C15H23NO3. The molecule has 0 saturated carbocycles. The van der Waals surface area contributed by atoms with E-state index in [2.05, 4.69) is 0 Å². The van der Waals surface area contributed by atoms with E-state index in [1.54, 1.807) is 32.4 Å². The van der Waals surface area contributed by atoms with Crippen LogP contribution >= 0.6 is 0 Å². The van der Waals surface area contributed by atoms with Gasteiger partial charge in [-0.1, -0.05) is 20.8 Å². The minimum absolute atomic E-state index is 0.0170. The summed E-state index contributed by atoms with van der Waals surface area (Å²) in [5, 5.41) is 0. The number of ether oxygens (including phenoxy) is 2. The van der Waals surface area contributed by atoms with Gasteiger partial charge in [0, 0.05) is 18.0 Å². The average molecular weight is 265 g/mol. The van der Waals surface area contributed by atoms with Crippen molar-refractivity contribution in [2.45, 2.75) is 33.2 Å². The molecule has 0 radical (unpaired) electrons. The van der Waals surface area contributed by atoms with E-state index in [0.717, 1.165) is 0 Å². The molecule has 1 aromatic rings. The first-order chi connectivity index (χ1) is 8.79. The van der Waals surface area contributed by atoms with Crippen LogP contribution in [0.4, 0.5) is 0 Å². The Morgan fingerprint density at radius 2 is 1.79 bits per heavy atom. The highest BCUT2D eigenvalue weighted by Crippen LogP contribution is 2.29. The van der Waals surface area contributed by atoms with Gasteiger partial charge in [0.15, 0.2) is 17.3 Å². The molecule has 106 valence electrons. The molecular weight excluding hydrogens is 242 g/mol. The van der Waals surface area contributed by atoms with E-state index in [1.165, 1.54) is 0 Å². The van der Waals surface area contributed by atoms with Crippen molar-refractivity contribution in [1.82, 2.24) is 0 Å². The van der Waals surface area contributed by atoms with Crippen molar-refractivity contribution in [1.29, 1.82) is 0 Å². The number of hydrogen-bond acceptors (Lipinski definition) is 4. The van der Waals surface area contributed by atoms with Crippen molar-refractivity contribution in [3.63, 3.8) is 0 Å². The largest absolute Gasteiger partial charge is 0.493 e. The number of nitrogens with two attached hydrogens (primary N) is 1. The van der Waals surface area contributed by atoms with E-state index in [1.807, 2.05) is 20.8 Å². The normalized spacial score (nSPS) is 12.9. The van der Waals surface area contributed by atoms with Crippen LogP contribution < -0.4 is 15.2 Å². The molecule has 1 atom stereocenters. The van der Waals surface area contributed by atoms with E-state index in [0.29, 0.717) is 23.5 Å². The predicted molar refractivity (Wildman–Crippen MR) is 75.9 cm³/mol. The first-order valence-electron chi connectivity index (χ1n) is 6.30. The third-order valence-corrected chi connectivity index (χ3v) is 3.22. The third-order valence-electron chi connectivity index (χ3n) is 3.22. The highest BCUT2D eigenvalue weighted by molar-refractivity contribution is 5.97. The molecule has 0 spiro atoms. The summed E-state index contributed by atoms with van der Waals surface area (Å²) in [7, 11) is 3.11. The van der Waals surface area contributed by atoms with Gasteiger partial charge < -0.3 is 15.2 Å². The maximum Gasteiger partial charge on any atom is 0.164 e. The Morgan fingerprint density at radius 1 is 1.21 bits per heavy atom. The SMILES string of the molecule is COc1ccc(C(=O)CC(N)C(C)(C)C)cc1OC. The number of carbonyl (C=O) groups excluding carboxylic acids is 1. The van der Waals surface area contributed by atoms with E-state index in [4.69, 9.17) is 15.2 Å². The fourth-order valence-electron chi connectivity index (χ4n) is 1.63. The van der Waals surface area contributed by atoms with E-state index >= 15 is 0 Å². The van der Waals surface area contributed by atoms with Crippen LogP contribution in [0, 0.1) is 5.41 Å². The van der Waals surface area contributed by atoms with E-state index < -0.39 is 0 Å². The van der Waals surface area contributed by atoms with Crippen LogP contribution in [0.2, 0.25) is 0 Å². The molecule has 0 amide bonds. The first kappa shape index (κ1) is 15.5. The molecule has 4 heteroatoms. The lowest BCUT2D eigenvalue weighted by atomic mass is 9.83. The molecule has 1 aromatic carbocycles. The second-order valence-corrected chi connectivity index (χ2v) is 5.67. The summed E-state index contributed by atoms with van der Waals surface area (Å²) in [5.74, 6) is 1.18. The Bertz CT molecular complexity index is 449. The smallest absolute Gasteiger partial charge is 0.164 e. The first-order valence-corrected chi connectivity index (χ1v) is 6.30. The zero-order valence-electron chi connectivity index (χ0n) is 12.3.